The van der Waals surface area contributed by atoms with Gasteiger partial charge in [-0.3, -0.25) is 14.2 Å². The van der Waals surface area contributed by atoms with E-state index in [1.807, 2.05) is 6.92 Å². The van der Waals surface area contributed by atoms with E-state index in [0.29, 0.717) is 27.0 Å². The van der Waals surface area contributed by atoms with E-state index in [-0.39, 0.29) is 17.4 Å². The van der Waals surface area contributed by atoms with Gasteiger partial charge in [-0.2, -0.15) is 0 Å². The topological polar surface area (TPSA) is 71.3 Å². The van der Waals surface area contributed by atoms with Crippen molar-refractivity contribution in [2.24, 2.45) is 5.92 Å². The predicted octanol–water partition coefficient (Wildman–Crippen LogP) is 5.29. The lowest BCUT2D eigenvalue weighted by molar-refractivity contribution is 0.0210. The van der Waals surface area contributed by atoms with Crippen molar-refractivity contribution in [2.45, 2.75) is 45.3 Å². The van der Waals surface area contributed by atoms with Crippen molar-refractivity contribution in [3.8, 4) is 0 Å². The molecule has 156 valence electrons. The summed E-state index contributed by atoms with van der Waals surface area (Å²) < 4.78 is 1.42. The van der Waals surface area contributed by atoms with E-state index in [1.165, 1.54) is 11.0 Å². The maximum absolute atomic E-state index is 13.1. The Bertz CT molecular complexity index is 1150. The number of carbonyl (C=O) groups is 1. The molecule has 1 saturated carbocycles. The van der Waals surface area contributed by atoms with Crippen molar-refractivity contribution in [1.82, 2.24) is 4.57 Å². The molecule has 1 unspecified atom stereocenters. The second-order valence-corrected chi connectivity index (χ2v) is 8.46. The third-order valence-corrected chi connectivity index (χ3v) is 6.25. The molecule has 2 aromatic carbocycles. The fourth-order valence-electron chi connectivity index (χ4n) is 4.34. The largest absolute Gasteiger partial charge is 0.373 e. The van der Waals surface area contributed by atoms with Crippen LogP contribution < -0.4 is 10.9 Å². The van der Waals surface area contributed by atoms with E-state index in [0.717, 1.165) is 31.2 Å². The summed E-state index contributed by atoms with van der Waals surface area (Å²) in [5.41, 5.74) is 1.61. The number of rotatable bonds is 4. The Balaban J connectivity index is 1.66. The number of hydrogen-bond acceptors (Lipinski definition) is 3. The summed E-state index contributed by atoms with van der Waals surface area (Å²) in [6.07, 6.45) is 6.04. The zero-order valence-electron chi connectivity index (χ0n) is 16.9. The standard InChI is InChI=1S/C24H25ClN2O3/c1-15-14-17(25)10-11-18(15)22(28)26-21-9-5-8-20-19(21)12-13-27(24(20)30)23(29)16-6-3-2-4-7-16/h5,8-14,16,23,29H,2-4,6-7H2,1H3,(H,26,28). The predicted molar refractivity (Wildman–Crippen MR) is 120 cm³/mol. The van der Waals surface area contributed by atoms with Gasteiger partial charge in [0, 0.05) is 39.2 Å². The van der Waals surface area contributed by atoms with Gasteiger partial charge in [0.05, 0.1) is 0 Å². The van der Waals surface area contributed by atoms with Crippen LogP contribution in [-0.2, 0) is 0 Å². The molecular formula is C24H25ClN2O3. The lowest BCUT2D eigenvalue weighted by atomic mass is 9.88. The highest BCUT2D eigenvalue weighted by Gasteiger charge is 2.24. The first-order valence-electron chi connectivity index (χ1n) is 10.3. The summed E-state index contributed by atoms with van der Waals surface area (Å²) in [6, 6.07) is 12.1. The molecule has 0 aliphatic heterocycles. The van der Waals surface area contributed by atoms with Crippen LogP contribution >= 0.6 is 11.6 Å². The van der Waals surface area contributed by atoms with Crippen LogP contribution in [0.15, 0.2) is 53.5 Å². The smallest absolute Gasteiger partial charge is 0.260 e. The van der Waals surface area contributed by atoms with E-state index in [2.05, 4.69) is 5.32 Å². The van der Waals surface area contributed by atoms with E-state index >= 15 is 0 Å². The maximum atomic E-state index is 13.1. The zero-order chi connectivity index (χ0) is 21.3. The molecule has 6 heteroatoms. The number of nitrogens with one attached hydrogen (secondary N) is 1. The molecule has 1 aromatic heterocycles. The molecule has 1 atom stereocenters. The Labute approximate surface area is 180 Å². The maximum Gasteiger partial charge on any atom is 0.260 e. The van der Waals surface area contributed by atoms with Crippen LogP contribution in [0.4, 0.5) is 5.69 Å². The van der Waals surface area contributed by atoms with Gasteiger partial charge in [0.15, 0.2) is 0 Å². The van der Waals surface area contributed by atoms with Crippen LogP contribution in [0.5, 0.6) is 0 Å². The minimum Gasteiger partial charge on any atom is -0.373 e. The van der Waals surface area contributed by atoms with Gasteiger partial charge in [-0.1, -0.05) is 36.9 Å². The highest BCUT2D eigenvalue weighted by atomic mass is 35.5. The van der Waals surface area contributed by atoms with Crippen molar-refractivity contribution < 1.29 is 9.90 Å². The van der Waals surface area contributed by atoms with Gasteiger partial charge in [-0.15, -0.1) is 0 Å². The Kier molecular flexibility index (Phi) is 5.93. The number of fused-ring (bicyclic) bond motifs is 1. The lowest BCUT2D eigenvalue weighted by Crippen LogP contribution is -2.30. The van der Waals surface area contributed by atoms with Gasteiger partial charge >= 0.3 is 0 Å². The van der Waals surface area contributed by atoms with Crippen molar-refractivity contribution in [1.29, 1.82) is 0 Å². The Morgan fingerprint density at radius 2 is 1.90 bits per heavy atom. The zero-order valence-corrected chi connectivity index (χ0v) is 17.7. The number of aromatic nitrogens is 1. The number of aliphatic hydroxyl groups excluding tert-OH is 1. The highest BCUT2D eigenvalue weighted by molar-refractivity contribution is 6.30. The first kappa shape index (κ1) is 20.6. The second kappa shape index (κ2) is 8.62. The number of carbonyl (C=O) groups excluding carboxylic acids is 1. The minimum absolute atomic E-state index is 0.102. The minimum atomic E-state index is -0.822. The van der Waals surface area contributed by atoms with E-state index in [4.69, 9.17) is 11.6 Å². The molecule has 1 amide bonds. The van der Waals surface area contributed by atoms with Crippen LogP contribution in [0.3, 0.4) is 0 Å². The number of pyridine rings is 1. The van der Waals surface area contributed by atoms with Gasteiger partial charge in [-0.05, 0) is 61.7 Å². The molecular weight excluding hydrogens is 400 g/mol. The first-order chi connectivity index (χ1) is 14.5. The summed E-state index contributed by atoms with van der Waals surface area (Å²) in [7, 11) is 0. The number of benzene rings is 2. The molecule has 30 heavy (non-hydrogen) atoms. The number of nitrogens with zero attached hydrogens (tertiary/aromatic N) is 1. The number of aryl methyl sites for hydroxylation is 1. The monoisotopic (exact) mass is 424 g/mol. The third kappa shape index (κ3) is 4.00. The Morgan fingerprint density at radius 3 is 2.63 bits per heavy atom. The van der Waals surface area contributed by atoms with Crippen LogP contribution in [0.1, 0.15) is 54.3 Å². The third-order valence-electron chi connectivity index (χ3n) is 6.01. The number of aliphatic hydroxyl groups is 1. The molecule has 2 N–H and O–H groups in total. The number of hydrogen-bond donors (Lipinski definition) is 2. The van der Waals surface area contributed by atoms with Gasteiger partial charge in [0.1, 0.15) is 6.23 Å². The van der Waals surface area contributed by atoms with E-state index in [9.17, 15) is 14.7 Å². The van der Waals surface area contributed by atoms with Crippen molar-refractivity contribution in [3.63, 3.8) is 0 Å². The van der Waals surface area contributed by atoms with Crippen molar-refractivity contribution in [2.75, 3.05) is 5.32 Å². The molecule has 0 bridgehead atoms. The van der Waals surface area contributed by atoms with Gasteiger partial charge in [0.2, 0.25) is 0 Å². The molecule has 1 aliphatic rings. The second-order valence-electron chi connectivity index (χ2n) is 8.02. The lowest BCUT2D eigenvalue weighted by Gasteiger charge is -2.28. The van der Waals surface area contributed by atoms with Gasteiger partial charge in [-0.25, -0.2) is 0 Å². The highest BCUT2D eigenvalue weighted by Crippen LogP contribution is 2.31. The summed E-state index contributed by atoms with van der Waals surface area (Å²) in [6.45, 7) is 1.83. The van der Waals surface area contributed by atoms with Gasteiger partial charge < -0.3 is 10.4 Å². The summed E-state index contributed by atoms with van der Waals surface area (Å²) in [4.78, 5) is 25.9. The average Bonchev–Trinajstić information content (AvgIpc) is 2.74. The number of amides is 1. The normalized spacial score (nSPS) is 15.8. The van der Waals surface area contributed by atoms with Crippen LogP contribution in [0.25, 0.3) is 10.8 Å². The van der Waals surface area contributed by atoms with Crippen molar-refractivity contribution in [3.05, 3.63) is 75.2 Å². The Morgan fingerprint density at radius 1 is 1.13 bits per heavy atom. The van der Waals surface area contributed by atoms with E-state index < -0.39 is 6.23 Å². The number of anilines is 1. The number of halogens is 1. The van der Waals surface area contributed by atoms with Crippen LogP contribution in [0, 0.1) is 12.8 Å². The van der Waals surface area contributed by atoms with Crippen molar-refractivity contribution >= 4 is 34.0 Å². The quantitative estimate of drug-likeness (QED) is 0.598. The van der Waals surface area contributed by atoms with Gasteiger partial charge in [0.25, 0.3) is 11.5 Å². The first-order valence-corrected chi connectivity index (χ1v) is 10.7. The average molecular weight is 425 g/mol. The van der Waals surface area contributed by atoms with Crippen LogP contribution in [0.2, 0.25) is 5.02 Å². The molecule has 4 rings (SSSR count). The summed E-state index contributed by atoms with van der Waals surface area (Å²) in [5.74, 6) is -0.159. The molecule has 0 saturated heterocycles. The SMILES string of the molecule is Cc1cc(Cl)ccc1C(=O)Nc1cccc2c(=O)n(C(O)C3CCCCC3)ccc12. The summed E-state index contributed by atoms with van der Waals surface area (Å²) >= 11 is 5.98. The van der Waals surface area contributed by atoms with E-state index in [1.54, 1.807) is 48.7 Å². The Hall–Kier alpha value is -2.63. The fourth-order valence-corrected chi connectivity index (χ4v) is 4.57. The summed E-state index contributed by atoms with van der Waals surface area (Å²) in [5, 5.41) is 15.4. The molecule has 5 nitrogen and oxygen atoms in total. The molecule has 0 spiro atoms. The fraction of sp³-hybridized carbons (Fsp3) is 0.333. The molecule has 1 aliphatic carbocycles. The molecule has 0 radical (unpaired) electrons. The van der Waals surface area contributed by atoms with Crippen LogP contribution in [-0.4, -0.2) is 15.6 Å². The molecule has 3 aromatic rings. The molecule has 1 fully saturated rings. The molecule has 1 heterocycles.